The molecule has 0 atom stereocenters. The summed E-state index contributed by atoms with van der Waals surface area (Å²) in [5.74, 6) is -0.242. The van der Waals surface area contributed by atoms with Gasteiger partial charge in [-0.15, -0.1) is 0 Å². The monoisotopic (exact) mass is 292 g/mol. The van der Waals surface area contributed by atoms with E-state index in [1.54, 1.807) is 25.1 Å². The highest BCUT2D eigenvalue weighted by molar-refractivity contribution is 6.55. The summed E-state index contributed by atoms with van der Waals surface area (Å²) < 4.78 is 25.1. The predicted octanol–water partition coefficient (Wildman–Crippen LogP) is 3.14. The van der Waals surface area contributed by atoms with E-state index in [0.717, 1.165) is 5.56 Å². The van der Waals surface area contributed by atoms with Crippen LogP contribution in [0, 0.1) is 12.7 Å². The van der Waals surface area contributed by atoms with E-state index in [0.29, 0.717) is 11.0 Å². The topological polar surface area (TPSA) is 38.7 Å². The first-order valence-corrected chi connectivity index (χ1v) is 7.09. The maximum atomic E-state index is 13.3. The Morgan fingerprint density at radius 1 is 1.24 bits per heavy atom. The first kappa shape index (κ1) is 16.2. The fraction of sp³-hybridized carbons (Fsp3) is 0.500. The maximum Gasteiger partial charge on any atom is 0.492 e. The van der Waals surface area contributed by atoms with Gasteiger partial charge in [0.2, 0.25) is 0 Å². The second-order valence-corrected chi connectivity index (χ2v) is 6.47. The van der Waals surface area contributed by atoms with Gasteiger partial charge in [-0.2, -0.15) is 0 Å². The third-order valence-electron chi connectivity index (χ3n) is 4.27. The van der Waals surface area contributed by atoms with Gasteiger partial charge in [0.05, 0.1) is 17.8 Å². The lowest BCUT2D eigenvalue weighted by Gasteiger charge is -2.32. The van der Waals surface area contributed by atoms with Crippen LogP contribution in [0.3, 0.4) is 0 Å². The number of hydrogen-bond acceptors (Lipinski definition) is 3. The zero-order chi connectivity index (χ0) is 15.8. The first-order chi connectivity index (χ1) is 9.66. The Bertz CT molecular complexity index is 551. The van der Waals surface area contributed by atoms with Crippen LogP contribution in [0.25, 0.3) is 6.08 Å². The molecule has 1 aliphatic heterocycles. The van der Waals surface area contributed by atoms with Gasteiger partial charge in [0, 0.05) is 0 Å². The van der Waals surface area contributed by atoms with E-state index in [1.807, 2.05) is 27.7 Å². The number of aliphatic hydroxyl groups is 1. The third kappa shape index (κ3) is 3.20. The van der Waals surface area contributed by atoms with Crippen LogP contribution in [0.15, 0.2) is 23.7 Å². The molecule has 1 aliphatic rings. The molecule has 1 N–H and O–H groups in total. The summed E-state index contributed by atoms with van der Waals surface area (Å²) in [5, 5.41) is 9.61. The molecule has 1 heterocycles. The number of aliphatic hydroxyl groups excluding tert-OH is 1. The van der Waals surface area contributed by atoms with E-state index in [4.69, 9.17) is 9.31 Å². The molecular formula is C16H22BFO3. The Morgan fingerprint density at radius 3 is 2.29 bits per heavy atom. The third-order valence-corrected chi connectivity index (χ3v) is 4.27. The molecule has 114 valence electrons. The van der Waals surface area contributed by atoms with Crippen molar-refractivity contribution in [1.29, 1.82) is 0 Å². The normalized spacial score (nSPS) is 20.9. The minimum Gasteiger partial charge on any atom is -0.400 e. The molecule has 5 heteroatoms. The van der Waals surface area contributed by atoms with Crippen LogP contribution in [0.1, 0.15) is 38.8 Å². The minimum absolute atomic E-state index is 0.173. The van der Waals surface area contributed by atoms with Crippen molar-refractivity contribution < 1.29 is 18.8 Å². The molecule has 0 saturated carbocycles. The van der Waals surface area contributed by atoms with Gasteiger partial charge in [0.15, 0.2) is 0 Å². The fourth-order valence-electron chi connectivity index (χ4n) is 2.15. The van der Waals surface area contributed by atoms with Crippen LogP contribution in [-0.2, 0) is 9.31 Å². The van der Waals surface area contributed by atoms with Gasteiger partial charge in [0.1, 0.15) is 5.82 Å². The summed E-state index contributed by atoms with van der Waals surface area (Å²) in [6, 6.07) is 4.82. The Hall–Kier alpha value is -1.17. The van der Waals surface area contributed by atoms with Crippen molar-refractivity contribution in [2.45, 2.75) is 45.8 Å². The standard InChI is InChI=1S/C16H22BFO3/c1-11-8-12(6-7-14(11)18)9-13(10-19)17-20-15(2,3)16(4,5)21-17/h6-9,19H,10H2,1-5H3. The minimum atomic E-state index is -0.592. The highest BCUT2D eigenvalue weighted by Crippen LogP contribution is 2.38. The van der Waals surface area contributed by atoms with Gasteiger partial charge in [-0.05, 0) is 63.4 Å². The summed E-state index contributed by atoms with van der Waals surface area (Å²) >= 11 is 0. The largest absolute Gasteiger partial charge is 0.492 e. The average molecular weight is 292 g/mol. The van der Waals surface area contributed by atoms with Crippen molar-refractivity contribution in [3.8, 4) is 0 Å². The predicted molar refractivity (Wildman–Crippen MR) is 82.3 cm³/mol. The van der Waals surface area contributed by atoms with Crippen LogP contribution >= 0.6 is 0 Å². The lowest BCUT2D eigenvalue weighted by atomic mass is 9.77. The molecule has 0 radical (unpaired) electrons. The first-order valence-electron chi connectivity index (χ1n) is 7.09. The summed E-state index contributed by atoms with van der Waals surface area (Å²) in [4.78, 5) is 0. The van der Waals surface area contributed by atoms with Crippen molar-refractivity contribution in [3.05, 3.63) is 40.6 Å². The summed E-state index contributed by atoms with van der Waals surface area (Å²) in [5.41, 5.74) is 1.09. The highest BCUT2D eigenvalue weighted by atomic mass is 19.1. The van der Waals surface area contributed by atoms with Gasteiger partial charge in [-0.3, -0.25) is 0 Å². The van der Waals surface area contributed by atoms with Crippen molar-refractivity contribution in [2.24, 2.45) is 0 Å². The van der Waals surface area contributed by atoms with Gasteiger partial charge in [-0.25, -0.2) is 4.39 Å². The molecule has 2 rings (SSSR count). The molecule has 1 saturated heterocycles. The van der Waals surface area contributed by atoms with E-state index in [-0.39, 0.29) is 12.4 Å². The van der Waals surface area contributed by atoms with E-state index < -0.39 is 18.3 Å². The van der Waals surface area contributed by atoms with Gasteiger partial charge in [0.25, 0.3) is 0 Å². The molecule has 1 aromatic rings. The van der Waals surface area contributed by atoms with Crippen molar-refractivity contribution in [1.82, 2.24) is 0 Å². The zero-order valence-electron chi connectivity index (χ0n) is 13.2. The fourth-order valence-corrected chi connectivity index (χ4v) is 2.15. The molecule has 1 fully saturated rings. The van der Waals surface area contributed by atoms with Crippen molar-refractivity contribution in [3.63, 3.8) is 0 Å². The number of hydrogen-bond donors (Lipinski definition) is 1. The second kappa shape index (κ2) is 5.56. The molecule has 3 nitrogen and oxygen atoms in total. The van der Waals surface area contributed by atoms with Gasteiger partial charge >= 0.3 is 7.12 Å². The van der Waals surface area contributed by atoms with Crippen LogP contribution < -0.4 is 0 Å². The van der Waals surface area contributed by atoms with Crippen molar-refractivity contribution in [2.75, 3.05) is 6.61 Å². The summed E-state index contributed by atoms with van der Waals surface area (Å²) in [7, 11) is -0.592. The van der Waals surface area contributed by atoms with E-state index in [1.165, 1.54) is 6.07 Å². The molecule has 0 amide bonds. The Labute approximate surface area is 125 Å². The van der Waals surface area contributed by atoms with Crippen LogP contribution in [0.4, 0.5) is 4.39 Å². The van der Waals surface area contributed by atoms with Gasteiger partial charge < -0.3 is 14.4 Å². The van der Waals surface area contributed by atoms with Crippen LogP contribution in [0.2, 0.25) is 0 Å². The zero-order valence-corrected chi connectivity index (χ0v) is 13.2. The molecule has 0 bridgehead atoms. The quantitative estimate of drug-likeness (QED) is 0.870. The number of rotatable bonds is 3. The molecule has 1 aromatic carbocycles. The Kier molecular flexibility index (Phi) is 4.29. The smallest absolute Gasteiger partial charge is 0.400 e. The lowest BCUT2D eigenvalue weighted by Crippen LogP contribution is -2.41. The molecule has 21 heavy (non-hydrogen) atoms. The SMILES string of the molecule is Cc1cc(C=C(CO)B2OC(C)(C)C(C)(C)O2)ccc1F. The van der Waals surface area contributed by atoms with Crippen LogP contribution in [-0.4, -0.2) is 30.0 Å². The molecule has 0 spiro atoms. The molecule has 0 aromatic heterocycles. The maximum absolute atomic E-state index is 13.3. The highest BCUT2D eigenvalue weighted by Gasteiger charge is 2.52. The van der Waals surface area contributed by atoms with E-state index >= 15 is 0 Å². The van der Waals surface area contributed by atoms with Crippen LogP contribution in [0.5, 0.6) is 0 Å². The average Bonchev–Trinajstić information content (AvgIpc) is 2.59. The Balaban J connectivity index is 2.28. The molecule has 0 aliphatic carbocycles. The second-order valence-electron chi connectivity index (χ2n) is 6.47. The summed E-state index contributed by atoms with van der Waals surface area (Å²) in [6.07, 6.45) is 1.79. The van der Waals surface area contributed by atoms with Crippen molar-refractivity contribution >= 4 is 13.2 Å². The molecule has 0 unspecified atom stereocenters. The number of halogens is 1. The summed E-state index contributed by atoms with van der Waals surface area (Å²) in [6.45, 7) is 9.38. The number of aryl methyl sites for hydroxylation is 1. The van der Waals surface area contributed by atoms with E-state index in [9.17, 15) is 9.50 Å². The van der Waals surface area contributed by atoms with Gasteiger partial charge in [-0.1, -0.05) is 12.1 Å². The van der Waals surface area contributed by atoms with E-state index in [2.05, 4.69) is 0 Å². The molecular weight excluding hydrogens is 270 g/mol. The number of benzene rings is 1. The Morgan fingerprint density at radius 2 is 1.81 bits per heavy atom. The lowest BCUT2D eigenvalue weighted by molar-refractivity contribution is 0.00578.